The van der Waals surface area contributed by atoms with Crippen LogP contribution in [0.4, 0.5) is 4.39 Å². The lowest BCUT2D eigenvalue weighted by atomic mass is 10.1. The van der Waals surface area contributed by atoms with E-state index in [9.17, 15) is 14.0 Å². The Morgan fingerprint density at radius 2 is 1.81 bits per heavy atom. The summed E-state index contributed by atoms with van der Waals surface area (Å²) >= 11 is 0. The number of halogens is 1. The molecular formula is C14H21FN4O2. The van der Waals surface area contributed by atoms with Gasteiger partial charge in [-0.05, 0) is 31.8 Å². The Labute approximate surface area is 123 Å². The summed E-state index contributed by atoms with van der Waals surface area (Å²) in [6.07, 6.45) is 0. The molecule has 0 saturated heterocycles. The van der Waals surface area contributed by atoms with Crippen LogP contribution in [0.25, 0.3) is 0 Å². The summed E-state index contributed by atoms with van der Waals surface area (Å²) in [7, 11) is 3.74. The van der Waals surface area contributed by atoms with E-state index in [0.717, 1.165) is 5.56 Å². The zero-order chi connectivity index (χ0) is 15.8. The van der Waals surface area contributed by atoms with Gasteiger partial charge in [-0.3, -0.25) is 9.59 Å². The first kappa shape index (κ1) is 17.1. The average Bonchev–Trinajstić information content (AvgIpc) is 2.46. The van der Waals surface area contributed by atoms with Gasteiger partial charge < -0.3 is 21.3 Å². The molecule has 21 heavy (non-hydrogen) atoms. The molecule has 0 fully saturated rings. The molecular weight excluding hydrogens is 275 g/mol. The van der Waals surface area contributed by atoms with Crippen LogP contribution in [-0.2, 0) is 9.59 Å². The summed E-state index contributed by atoms with van der Waals surface area (Å²) in [5, 5.41) is 5.12. The molecule has 4 N–H and O–H groups in total. The van der Waals surface area contributed by atoms with Gasteiger partial charge in [0.15, 0.2) is 0 Å². The first-order valence-electron chi connectivity index (χ1n) is 6.59. The number of hydrogen-bond donors (Lipinski definition) is 3. The molecule has 0 saturated carbocycles. The smallest absolute Gasteiger partial charge is 0.239 e. The molecule has 1 aromatic rings. The van der Waals surface area contributed by atoms with Crippen molar-refractivity contribution in [3.63, 3.8) is 0 Å². The molecule has 0 aliphatic carbocycles. The number of hydrogen-bond acceptors (Lipinski definition) is 4. The van der Waals surface area contributed by atoms with Crippen LogP contribution in [0.15, 0.2) is 24.3 Å². The number of amides is 2. The highest BCUT2D eigenvalue weighted by Crippen LogP contribution is 2.17. The second kappa shape index (κ2) is 8.33. The fraction of sp³-hybridized carbons (Fsp3) is 0.429. The Hall–Kier alpha value is -1.99. The van der Waals surface area contributed by atoms with Crippen LogP contribution in [0.3, 0.4) is 0 Å². The van der Waals surface area contributed by atoms with Gasteiger partial charge in [0.05, 0.1) is 19.1 Å². The van der Waals surface area contributed by atoms with Crippen molar-refractivity contribution in [2.24, 2.45) is 5.73 Å². The zero-order valence-corrected chi connectivity index (χ0v) is 12.2. The summed E-state index contributed by atoms with van der Waals surface area (Å²) in [6.45, 7) is 0.0960. The third kappa shape index (κ3) is 5.88. The van der Waals surface area contributed by atoms with Crippen LogP contribution in [0.5, 0.6) is 0 Å². The minimum absolute atomic E-state index is 0.0836. The highest BCUT2D eigenvalue weighted by molar-refractivity contribution is 5.85. The molecule has 0 aromatic heterocycles. The van der Waals surface area contributed by atoms with Gasteiger partial charge in [0.2, 0.25) is 11.8 Å². The van der Waals surface area contributed by atoms with Gasteiger partial charge in [0.25, 0.3) is 0 Å². The van der Waals surface area contributed by atoms with E-state index in [4.69, 9.17) is 5.73 Å². The van der Waals surface area contributed by atoms with Crippen molar-refractivity contribution in [2.45, 2.75) is 6.04 Å². The Morgan fingerprint density at radius 1 is 1.19 bits per heavy atom. The Bertz CT molecular complexity index is 476. The second-order valence-corrected chi connectivity index (χ2v) is 4.82. The maximum Gasteiger partial charge on any atom is 0.239 e. The molecule has 0 heterocycles. The lowest BCUT2D eigenvalue weighted by Gasteiger charge is -2.25. The molecule has 0 aliphatic rings. The van der Waals surface area contributed by atoms with Crippen LogP contribution in [0.1, 0.15) is 11.6 Å². The summed E-state index contributed by atoms with van der Waals surface area (Å²) in [5.74, 6) is -0.983. The number of carbonyl (C=O) groups excluding carboxylic acids is 2. The van der Waals surface area contributed by atoms with E-state index in [1.807, 2.05) is 19.0 Å². The molecule has 0 radical (unpaired) electrons. The summed E-state index contributed by atoms with van der Waals surface area (Å²) in [5.41, 5.74) is 6.02. The minimum Gasteiger partial charge on any atom is -0.353 e. The molecule has 2 amide bonds. The van der Waals surface area contributed by atoms with E-state index in [-0.39, 0.29) is 36.8 Å². The predicted molar refractivity (Wildman–Crippen MR) is 77.9 cm³/mol. The largest absolute Gasteiger partial charge is 0.353 e. The fourth-order valence-corrected chi connectivity index (χ4v) is 1.81. The van der Waals surface area contributed by atoms with E-state index in [1.54, 1.807) is 12.1 Å². The number of nitrogens with one attached hydrogen (secondary N) is 2. The SMILES string of the molecule is CN(C)C(CNC(=O)CNC(=O)CN)c1ccc(F)cc1. The van der Waals surface area contributed by atoms with E-state index in [1.165, 1.54) is 12.1 Å². The highest BCUT2D eigenvalue weighted by atomic mass is 19.1. The van der Waals surface area contributed by atoms with Gasteiger partial charge in [-0.2, -0.15) is 0 Å². The average molecular weight is 296 g/mol. The van der Waals surface area contributed by atoms with Gasteiger partial charge in [-0.25, -0.2) is 4.39 Å². The van der Waals surface area contributed by atoms with Crippen molar-refractivity contribution in [2.75, 3.05) is 33.7 Å². The normalized spacial score (nSPS) is 12.0. The third-order valence-corrected chi connectivity index (χ3v) is 3.00. The minimum atomic E-state index is -0.382. The zero-order valence-electron chi connectivity index (χ0n) is 12.2. The maximum absolute atomic E-state index is 12.9. The number of benzene rings is 1. The standard InChI is InChI=1S/C14H21FN4O2/c1-19(2)12(10-3-5-11(15)6-4-10)8-17-14(21)9-18-13(20)7-16/h3-6,12H,7-9,16H2,1-2H3,(H,17,21)(H,18,20). The van der Waals surface area contributed by atoms with E-state index >= 15 is 0 Å². The van der Waals surface area contributed by atoms with Crippen LogP contribution in [0, 0.1) is 5.82 Å². The predicted octanol–water partition coefficient (Wildman–Crippen LogP) is -0.380. The Kier molecular flexibility index (Phi) is 6.77. The number of likely N-dealkylation sites (N-methyl/N-ethyl adjacent to an activating group) is 1. The van der Waals surface area contributed by atoms with Gasteiger partial charge in [0, 0.05) is 6.54 Å². The van der Waals surface area contributed by atoms with Gasteiger partial charge >= 0.3 is 0 Å². The first-order valence-corrected chi connectivity index (χ1v) is 6.59. The van der Waals surface area contributed by atoms with Crippen LogP contribution >= 0.6 is 0 Å². The molecule has 6 nitrogen and oxygen atoms in total. The van der Waals surface area contributed by atoms with E-state index in [2.05, 4.69) is 10.6 Å². The monoisotopic (exact) mass is 296 g/mol. The fourth-order valence-electron chi connectivity index (χ4n) is 1.81. The molecule has 0 aliphatic heterocycles. The van der Waals surface area contributed by atoms with Crippen LogP contribution in [0.2, 0.25) is 0 Å². The molecule has 1 rings (SSSR count). The van der Waals surface area contributed by atoms with Crippen molar-refractivity contribution in [1.29, 1.82) is 0 Å². The summed E-state index contributed by atoms with van der Waals surface area (Å²) in [4.78, 5) is 24.5. The quantitative estimate of drug-likeness (QED) is 0.640. The molecule has 1 atom stereocenters. The van der Waals surface area contributed by atoms with Crippen molar-refractivity contribution >= 4 is 11.8 Å². The summed E-state index contributed by atoms with van der Waals surface area (Å²) in [6, 6.07) is 6.05. The van der Waals surface area contributed by atoms with Crippen LogP contribution < -0.4 is 16.4 Å². The third-order valence-electron chi connectivity index (χ3n) is 3.00. The maximum atomic E-state index is 12.9. The van der Waals surface area contributed by atoms with Gasteiger partial charge in [-0.1, -0.05) is 12.1 Å². The number of carbonyl (C=O) groups is 2. The van der Waals surface area contributed by atoms with Crippen molar-refractivity contribution in [3.8, 4) is 0 Å². The van der Waals surface area contributed by atoms with Crippen LogP contribution in [-0.4, -0.2) is 50.4 Å². The van der Waals surface area contributed by atoms with Gasteiger partial charge in [-0.15, -0.1) is 0 Å². The molecule has 1 unspecified atom stereocenters. The topological polar surface area (TPSA) is 87.5 Å². The Morgan fingerprint density at radius 3 is 2.33 bits per heavy atom. The number of nitrogens with two attached hydrogens (primary N) is 1. The highest BCUT2D eigenvalue weighted by Gasteiger charge is 2.15. The lowest BCUT2D eigenvalue weighted by Crippen LogP contribution is -2.42. The first-order chi connectivity index (χ1) is 9.93. The van der Waals surface area contributed by atoms with Crippen molar-refractivity contribution < 1.29 is 14.0 Å². The molecule has 1 aromatic carbocycles. The van der Waals surface area contributed by atoms with E-state index in [0.29, 0.717) is 6.54 Å². The van der Waals surface area contributed by atoms with Gasteiger partial charge in [0.1, 0.15) is 5.82 Å². The number of rotatable bonds is 7. The Balaban J connectivity index is 2.54. The number of nitrogens with zero attached hydrogens (tertiary/aromatic N) is 1. The van der Waals surface area contributed by atoms with Crippen molar-refractivity contribution in [1.82, 2.24) is 15.5 Å². The lowest BCUT2D eigenvalue weighted by molar-refractivity contribution is -0.125. The molecule has 0 bridgehead atoms. The molecule has 116 valence electrons. The molecule has 0 spiro atoms. The van der Waals surface area contributed by atoms with Crippen molar-refractivity contribution in [3.05, 3.63) is 35.6 Å². The summed E-state index contributed by atoms with van der Waals surface area (Å²) < 4.78 is 12.9. The second-order valence-electron chi connectivity index (χ2n) is 4.82. The van der Waals surface area contributed by atoms with E-state index < -0.39 is 0 Å². The molecule has 7 heteroatoms.